The summed E-state index contributed by atoms with van der Waals surface area (Å²) in [6, 6.07) is 16.8. The Morgan fingerprint density at radius 2 is 1.90 bits per heavy atom. The number of hydrogen-bond donors (Lipinski definition) is 0. The molecule has 0 fully saturated rings. The van der Waals surface area contributed by atoms with Crippen LogP contribution in [0.15, 0.2) is 67.0 Å². The number of esters is 1. The molecule has 0 amide bonds. The van der Waals surface area contributed by atoms with Crippen molar-refractivity contribution in [3.8, 4) is 17.7 Å². The second-order valence-electron chi connectivity index (χ2n) is 5.87. The highest BCUT2D eigenvalue weighted by atomic mass is 32.2. The van der Waals surface area contributed by atoms with Crippen molar-refractivity contribution in [1.82, 2.24) is 8.87 Å². The summed E-state index contributed by atoms with van der Waals surface area (Å²) in [5, 5.41) is 0. The molecule has 0 bridgehead atoms. The minimum Gasteiger partial charge on any atom is -0.755 e. The van der Waals surface area contributed by atoms with Crippen LogP contribution >= 0.6 is 0 Å². The van der Waals surface area contributed by atoms with E-state index in [0.29, 0.717) is 11.3 Å². The highest BCUT2D eigenvalue weighted by Gasteiger charge is 2.16. The quantitative estimate of drug-likeness (QED) is 0.280. The number of aromatic nitrogens is 1. The van der Waals surface area contributed by atoms with Gasteiger partial charge in [-0.25, -0.2) is 9.18 Å². The van der Waals surface area contributed by atoms with E-state index in [4.69, 9.17) is 4.74 Å². The van der Waals surface area contributed by atoms with E-state index >= 15 is 0 Å². The third-order valence-corrected chi connectivity index (χ3v) is 4.65. The van der Waals surface area contributed by atoms with E-state index < -0.39 is 23.1 Å². The molecule has 6 nitrogen and oxygen atoms in total. The topological polar surface area (TPSA) is 74.6 Å². The van der Waals surface area contributed by atoms with E-state index in [1.165, 1.54) is 25.3 Å². The first-order valence-electron chi connectivity index (χ1n) is 8.48. The SMILES string of the molecule is COC(=O)c1cccc(C#CN(Cc2ccccc2F)S(=O)[O-])c1-n1cccc1. The van der Waals surface area contributed by atoms with Crippen LogP contribution in [0.5, 0.6) is 0 Å². The van der Waals surface area contributed by atoms with Crippen LogP contribution in [-0.2, 0) is 22.5 Å². The van der Waals surface area contributed by atoms with Gasteiger partial charge < -0.3 is 13.9 Å². The molecule has 3 rings (SSSR count). The molecule has 3 aromatic rings. The van der Waals surface area contributed by atoms with Gasteiger partial charge in [0, 0.05) is 24.0 Å². The first kappa shape index (κ1) is 20.3. The van der Waals surface area contributed by atoms with E-state index in [0.717, 1.165) is 4.31 Å². The Morgan fingerprint density at radius 1 is 1.17 bits per heavy atom. The number of carbonyl (C=O) groups excluding carboxylic acids is 1. The lowest BCUT2D eigenvalue weighted by Crippen LogP contribution is -2.20. The monoisotopic (exact) mass is 411 g/mol. The summed E-state index contributed by atoms with van der Waals surface area (Å²) in [6.07, 6.45) is 3.46. The molecule has 2 aromatic carbocycles. The van der Waals surface area contributed by atoms with Crippen LogP contribution in [0.1, 0.15) is 21.5 Å². The van der Waals surface area contributed by atoms with Crippen LogP contribution in [0, 0.1) is 17.8 Å². The summed E-state index contributed by atoms with van der Waals surface area (Å²) >= 11 is -2.70. The lowest BCUT2D eigenvalue weighted by Gasteiger charge is -2.20. The first-order chi connectivity index (χ1) is 14.0. The van der Waals surface area contributed by atoms with E-state index in [2.05, 4.69) is 12.0 Å². The Balaban J connectivity index is 2.03. The molecule has 1 aromatic heterocycles. The summed E-state index contributed by atoms with van der Waals surface area (Å²) in [7, 11) is 1.27. The van der Waals surface area contributed by atoms with Gasteiger partial charge in [0.15, 0.2) is 0 Å². The van der Waals surface area contributed by atoms with Gasteiger partial charge >= 0.3 is 5.97 Å². The predicted octanol–water partition coefficient (Wildman–Crippen LogP) is 3.01. The number of halogens is 1. The Kier molecular flexibility index (Phi) is 6.44. The molecule has 0 N–H and O–H groups in total. The number of rotatable bonds is 5. The molecule has 0 aliphatic heterocycles. The molecule has 148 valence electrons. The number of benzene rings is 2. The fourth-order valence-corrected chi connectivity index (χ4v) is 3.08. The zero-order valence-electron chi connectivity index (χ0n) is 15.4. The summed E-state index contributed by atoms with van der Waals surface area (Å²) in [5.41, 5.74) is 1.34. The zero-order valence-corrected chi connectivity index (χ0v) is 16.2. The minimum atomic E-state index is -2.70. The van der Waals surface area contributed by atoms with Crippen LogP contribution in [-0.4, -0.2) is 30.7 Å². The third-order valence-electron chi connectivity index (χ3n) is 4.07. The predicted molar refractivity (Wildman–Crippen MR) is 105 cm³/mol. The fourth-order valence-electron chi connectivity index (χ4n) is 2.71. The zero-order chi connectivity index (χ0) is 20.8. The van der Waals surface area contributed by atoms with Crippen LogP contribution in [0.4, 0.5) is 4.39 Å². The normalized spacial score (nSPS) is 11.3. The van der Waals surface area contributed by atoms with Crippen molar-refractivity contribution < 1.29 is 22.7 Å². The van der Waals surface area contributed by atoms with Crippen molar-refractivity contribution in [2.45, 2.75) is 6.54 Å². The van der Waals surface area contributed by atoms with Gasteiger partial charge in [0.1, 0.15) is 5.82 Å². The number of para-hydroxylation sites is 1. The molecule has 0 saturated heterocycles. The van der Waals surface area contributed by atoms with Gasteiger partial charge in [0.2, 0.25) is 0 Å². The summed E-state index contributed by atoms with van der Waals surface area (Å²) in [6.45, 7) is -0.245. The maximum Gasteiger partial charge on any atom is 0.340 e. The lowest BCUT2D eigenvalue weighted by atomic mass is 10.1. The van der Waals surface area contributed by atoms with Gasteiger partial charge in [0.25, 0.3) is 0 Å². The van der Waals surface area contributed by atoms with Crippen molar-refractivity contribution >= 4 is 17.2 Å². The molecule has 0 saturated carbocycles. The molecule has 0 aliphatic rings. The molecule has 8 heteroatoms. The van der Waals surface area contributed by atoms with Crippen molar-refractivity contribution in [3.05, 3.63) is 89.5 Å². The molecule has 29 heavy (non-hydrogen) atoms. The van der Waals surface area contributed by atoms with Crippen LogP contribution in [0.2, 0.25) is 0 Å². The summed E-state index contributed by atoms with van der Waals surface area (Å²) in [5.74, 6) is 1.70. The third kappa shape index (κ3) is 4.71. The van der Waals surface area contributed by atoms with E-state index in [9.17, 15) is 17.9 Å². The van der Waals surface area contributed by atoms with Gasteiger partial charge in [-0.3, -0.25) is 8.51 Å². The maximum atomic E-state index is 13.9. The Labute approximate surface area is 170 Å². The van der Waals surface area contributed by atoms with Gasteiger partial charge in [-0.05, 0) is 36.3 Å². The van der Waals surface area contributed by atoms with E-state index in [-0.39, 0.29) is 17.7 Å². The van der Waals surface area contributed by atoms with Crippen molar-refractivity contribution in [3.63, 3.8) is 0 Å². The van der Waals surface area contributed by atoms with Gasteiger partial charge in [-0.1, -0.05) is 24.3 Å². The van der Waals surface area contributed by atoms with Crippen molar-refractivity contribution in [1.29, 1.82) is 0 Å². The first-order valence-corrected chi connectivity index (χ1v) is 9.51. The van der Waals surface area contributed by atoms with Crippen LogP contribution in [0.3, 0.4) is 0 Å². The average Bonchev–Trinajstić information content (AvgIpc) is 3.25. The molecule has 1 heterocycles. The average molecular weight is 411 g/mol. The van der Waals surface area contributed by atoms with Gasteiger partial charge in [0.05, 0.1) is 41.7 Å². The Morgan fingerprint density at radius 3 is 2.55 bits per heavy atom. The van der Waals surface area contributed by atoms with Crippen molar-refractivity contribution in [2.75, 3.05) is 7.11 Å². The molecular formula is C21H16FN2O4S-. The lowest BCUT2D eigenvalue weighted by molar-refractivity contribution is 0.0600. The minimum absolute atomic E-state index is 0.194. The summed E-state index contributed by atoms with van der Waals surface area (Å²) in [4.78, 5) is 12.2. The van der Waals surface area contributed by atoms with E-state index in [1.54, 1.807) is 53.4 Å². The molecule has 1 atom stereocenters. The molecular weight excluding hydrogens is 395 g/mol. The Hall–Kier alpha value is -3.41. The number of carbonyl (C=O) groups is 1. The number of hydrogen-bond acceptors (Lipinski definition) is 4. The molecule has 1 unspecified atom stereocenters. The smallest absolute Gasteiger partial charge is 0.340 e. The number of ether oxygens (including phenoxy) is 1. The molecule has 0 aliphatic carbocycles. The molecule has 0 spiro atoms. The summed E-state index contributed by atoms with van der Waals surface area (Å²) < 4.78 is 44.4. The van der Waals surface area contributed by atoms with Crippen LogP contribution in [0.25, 0.3) is 5.69 Å². The van der Waals surface area contributed by atoms with E-state index in [1.807, 2.05) is 0 Å². The second kappa shape index (κ2) is 9.19. The highest BCUT2D eigenvalue weighted by molar-refractivity contribution is 7.76. The van der Waals surface area contributed by atoms with Gasteiger partial charge in [-0.15, -0.1) is 0 Å². The second-order valence-corrected chi connectivity index (χ2v) is 6.74. The number of methoxy groups -OCH3 is 1. The van der Waals surface area contributed by atoms with Crippen molar-refractivity contribution in [2.24, 2.45) is 0 Å². The largest absolute Gasteiger partial charge is 0.755 e. The van der Waals surface area contributed by atoms with Crippen LogP contribution < -0.4 is 0 Å². The highest BCUT2D eigenvalue weighted by Crippen LogP contribution is 2.21. The fraction of sp³-hybridized carbons (Fsp3) is 0.0952. The number of nitrogens with zero attached hydrogens (tertiary/aromatic N) is 2. The standard InChI is InChI=1S/C21H17FN2O4S/c1-28-21(25)18-9-6-8-16(20(18)23-12-4-5-13-23)11-14-24(29(26)27)15-17-7-2-3-10-19(17)22/h2-10,12-13H,15H2,1H3,(H,26,27)/p-1. The maximum absolute atomic E-state index is 13.9. The Bertz CT molecular complexity index is 1100. The molecule has 0 radical (unpaired) electrons. The van der Waals surface area contributed by atoms with Gasteiger partial charge in [-0.2, -0.15) is 0 Å².